The smallest absolute Gasteiger partial charge is 0.408 e. The molecule has 33 heavy (non-hydrogen) atoms. The molecule has 184 valence electrons. The third-order valence-corrected chi connectivity index (χ3v) is 4.40. The number of methoxy groups -OCH3 is 2. The summed E-state index contributed by atoms with van der Waals surface area (Å²) in [4.78, 5) is 48.1. The minimum Gasteiger partial charge on any atom is -0.467 e. The van der Waals surface area contributed by atoms with E-state index in [1.54, 1.807) is 20.8 Å². The maximum atomic E-state index is 12.1. The van der Waals surface area contributed by atoms with Crippen LogP contribution in [0.4, 0.5) is 9.59 Å². The van der Waals surface area contributed by atoms with Crippen LogP contribution in [0.2, 0.25) is 0 Å². The zero-order valence-corrected chi connectivity index (χ0v) is 19.8. The van der Waals surface area contributed by atoms with Crippen molar-refractivity contribution in [3.63, 3.8) is 0 Å². The summed E-state index contributed by atoms with van der Waals surface area (Å²) in [6, 6.07) is 7.33. The lowest BCUT2D eigenvalue weighted by atomic mass is 10.0. The van der Waals surface area contributed by atoms with E-state index < -0.39 is 41.8 Å². The van der Waals surface area contributed by atoms with Gasteiger partial charge in [-0.05, 0) is 39.2 Å². The molecule has 0 aromatic heterocycles. The predicted octanol–water partition coefficient (Wildman–Crippen LogP) is 3.08. The monoisotopic (exact) mass is 466 g/mol. The molecule has 0 aliphatic heterocycles. The van der Waals surface area contributed by atoms with Crippen molar-refractivity contribution in [2.75, 3.05) is 14.2 Å². The number of ether oxygens (including phenoxy) is 4. The summed E-state index contributed by atoms with van der Waals surface area (Å²) >= 11 is 0. The van der Waals surface area contributed by atoms with Crippen LogP contribution in [0.15, 0.2) is 30.3 Å². The molecule has 0 radical (unpaired) electrons. The van der Waals surface area contributed by atoms with E-state index in [1.807, 2.05) is 30.3 Å². The molecule has 0 bridgehead atoms. The van der Waals surface area contributed by atoms with E-state index in [4.69, 9.17) is 18.9 Å². The Kier molecular flexibility index (Phi) is 11.7. The number of esters is 2. The Morgan fingerprint density at radius 3 is 1.76 bits per heavy atom. The lowest BCUT2D eigenvalue weighted by molar-refractivity contribution is -0.144. The van der Waals surface area contributed by atoms with Gasteiger partial charge in [-0.15, -0.1) is 0 Å². The second-order valence-corrected chi connectivity index (χ2v) is 8.29. The first kappa shape index (κ1) is 27.7. The minimum absolute atomic E-state index is 0.0672. The van der Waals surface area contributed by atoms with Crippen molar-refractivity contribution in [2.45, 2.75) is 70.7 Å². The first-order valence-electron chi connectivity index (χ1n) is 10.7. The average molecular weight is 467 g/mol. The third-order valence-electron chi connectivity index (χ3n) is 4.40. The number of hydrogen-bond donors (Lipinski definition) is 2. The zero-order chi connectivity index (χ0) is 24.9. The molecule has 2 amide bonds. The summed E-state index contributed by atoms with van der Waals surface area (Å²) in [6.45, 7) is 5.21. The number of carbonyl (C=O) groups is 4. The fraction of sp³-hybridized carbons (Fsp3) is 0.565. The van der Waals surface area contributed by atoms with Gasteiger partial charge in [0, 0.05) is 0 Å². The normalized spacial score (nSPS) is 12.6. The van der Waals surface area contributed by atoms with Gasteiger partial charge in [0.25, 0.3) is 0 Å². The highest BCUT2D eigenvalue weighted by molar-refractivity contribution is 5.82. The number of benzene rings is 1. The summed E-state index contributed by atoms with van der Waals surface area (Å²) < 4.78 is 19.8. The number of nitrogens with one attached hydrogen (secondary N) is 2. The van der Waals surface area contributed by atoms with Crippen molar-refractivity contribution in [3.05, 3.63) is 35.9 Å². The van der Waals surface area contributed by atoms with Crippen LogP contribution >= 0.6 is 0 Å². The van der Waals surface area contributed by atoms with Gasteiger partial charge in [0.1, 0.15) is 24.3 Å². The quantitative estimate of drug-likeness (QED) is 0.289. The van der Waals surface area contributed by atoms with Crippen molar-refractivity contribution >= 4 is 24.1 Å². The topological polar surface area (TPSA) is 129 Å². The summed E-state index contributed by atoms with van der Waals surface area (Å²) in [5, 5.41) is 4.99. The summed E-state index contributed by atoms with van der Waals surface area (Å²) in [6.07, 6.45) is -0.0287. The van der Waals surface area contributed by atoms with Crippen LogP contribution in [0.3, 0.4) is 0 Å². The van der Waals surface area contributed by atoms with Crippen LogP contribution in [0.5, 0.6) is 0 Å². The highest BCUT2D eigenvalue weighted by atomic mass is 16.6. The fourth-order valence-corrected chi connectivity index (χ4v) is 2.84. The molecule has 10 heteroatoms. The molecule has 0 saturated heterocycles. The van der Waals surface area contributed by atoms with E-state index in [0.717, 1.165) is 5.56 Å². The van der Waals surface area contributed by atoms with Gasteiger partial charge in [0.05, 0.1) is 14.2 Å². The Morgan fingerprint density at radius 1 is 0.818 bits per heavy atom. The number of rotatable bonds is 11. The van der Waals surface area contributed by atoms with Gasteiger partial charge < -0.3 is 29.6 Å². The van der Waals surface area contributed by atoms with Crippen molar-refractivity contribution < 1.29 is 38.1 Å². The lowest BCUT2D eigenvalue weighted by Crippen LogP contribution is -2.44. The minimum atomic E-state index is -0.909. The van der Waals surface area contributed by atoms with Gasteiger partial charge in [-0.2, -0.15) is 0 Å². The Bertz CT molecular complexity index is 776. The van der Waals surface area contributed by atoms with Gasteiger partial charge in [-0.25, -0.2) is 19.2 Å². The molecule has 0 fully saturated rings. The highest BCUT2D eigenvalue weighted by Crippen LogP contribution is 2.11. The van der Waals surface area contributed by atoms with E-state index in [1.165, 1.54) is 14.2 Å². The second-order valence-electron chi connectivity index (χ2n) is 8.29. The lowest BCUT2D eigenvalue weighted by Gasteiger charge is -2.22. The van der Waals surface area contributed by atoms with Crippen LogP contribution in [0.1, 0.15) is 52.0 Å². The number of alkyl carbamates (subject to hydrolysis) is 2. The van der Waals surface area contributed by atoms with E-state index in [9.17, 15) is 19.2 Å². The molecule has 1 aromatic carbocycles. The molecular weight excluding hydrogens is 432 g/mol. The third kappa shape index (κ3) is 11.8. The molecule has 0 heterocycles. The van der Waals surface area contributed by atoms with Crippen LogP contribution < -0.4 is 10.6 Å². The van der Waals surface area contributed by atoms with Crippen LogP contribution in [-0.2, 0) is 35.1 Å². The van der Waals surface area contributed by atoms with Crippen LogP contribution in [0, 0.1) is 0 Å². The maximum absolute atomic E-state index is 12.1. The van der Waals surface area contributed by atoms with Crippen molar-refractivity contribution in [1.82, 2.24) is 10.6 Å². The Labute approximate surface area is 194 Å². The summed E-state index contributed by atoms with van der Waals surface area (Å²) in [5.41, 5.74) is 0.104. The van der Waals surface area contributed by atoms with E-state index in [-0.39, 0.29) is 19.4 Å². The second kappa shape index (κ2) is 14.0. The Morgan fingerprint density at radius 2 is 1.30 bits per heavy atom. The Hall–Kier alpha value is -3.30. The van der Waals surface area contributed by atoms with Crippen LogP contribution in [-0.4, -0.2) is 56.0 Å². The molecule has 10 nitrogen and oxygen atoms in total. The van der Waals surface area contributed by atoms with Crippen LogP contribution in [0.25, 0.3) is 0 Å². The molecule has 0 aliphatic rings. The molecular formula is C23H34N2O8. The average Bonchev–Trinajstić information content (AvgIpc) is 2.77. The van der Waals surface area contributed by atoms with Crippen molar-refractivity contribution in [3.8, 4) is 0 Å². The highest BCUT2D eigenvalue weighted by Gasteiger charge is 2.26. The molecule has 1 aromatic rings. The standard InChI is InChI=1S/C23H34N2O8/c1-23(2,3)33-22(29)25-18(20(27)31-5)14-10-9-13-17(19(26)30-4)24-21(28)32-15-16-11-7-6-8-12-16/h6-8,11-12,17-18H,9-10,13-15H2,1-5H3,(H,24,28)(H,25,29)/t17-,18+/m1/s1. The number of carbonyl (C=O) groups excluding carboxylic acids is 4. The van der Waals surface area contributed by atoms with Gasteiger partial charge in [0.2, 0.25) is 0 Å². The maximum Gasteiger partial charge on any atom is 0.408 e. The summed E-state index contributed by atoms with van der Waals surface area (Å²) in [5.74, 6) is -1.21. The molecule has 0 unspecified atom stereocenters. The molecule has 0 saturated carbocycles. The van der Waals surface area contributed by atoms with Gasteiger partial charge in [-0.3, -0.25) is 0 Å². The predicted molar refractivity (Wildman–Crippen MR) is 119 cm³/mol. The Balaban J connectivity index is 2.53. The summed E-state index contributed by atoms with van der Waals surface area (Å²) in [7, 11) is 2.45. The van der Waals surface area contributed by atoms with E-state index in [0.29, 0.717) is 12.8 Å². The van der Waals surface area contributed by atoms with Gasteiger partial charge in [-0.1, -0.05) is 43.2 Å². The van der Waals surface area contributed by atoms with Gasteiger partial charge in [0.15, 0.2) is 0 Å². The first-order chi connectivity index (χ1) is 15.6. The number of hydrogen-bond acceptors (Lipinski definition) is 8. The van der Waals surface area contributed by atoms with Crippen molar-refractivity contribution in [1.29, 1.82) is 0 Å². The number of unbranched alkanes of at least 4 members (excludes halogenated alkanes) is 1. The van der Waals surface area contributed by atoms with E-state index >= 15 is 0 Å². The molecule has 2 atom stereocenters. The molecule has 2 N–H and O–H groups in total. The fourth-order valence-electron chi connectivity index (χ4n) is 2.84. The zero-order valence-electron chi connectivity index (χ0n) is 19.8. The first-order valence-corrected chi connectivity index (χ1v) is 10.7. The van der Waals surface area contributed by atoms with E-state index in [2.05, 4.69) is 10.6 Å². The molecule has 0 spiro atoms. The van der Waals surface area contributed by atoms with Crippen molar-refractivity contribution in [2.24, 2.45) is 0 Å². The molecule has 1 rings (SSSR count). The van der Waals surface area contributed by atoms with Gasteiger partial charge >= 0.3 is 24.1 Å². The number of amides is 2. The largest absolute Gasteiger partial charge is 0.467 e. The SMILES string of the molecule is COC(=O)[C@H](CCCC[C@@H](NC(=O)OCc1ccccc1)C(=O)OC)NC(=O)OC(C)(C)C. The molecule has 0 aliphatic carbocycles.